The van der Waals surface area contributed by atoms with Crippen LogP contribution in [0.5, 0.6) is 0 Å². The summed E-state index contributed by atoms with van der Waals surface area (Å²) >= 11 is 8.92. The van der Waals surface area contributed by atoms with Crippen molar-refractivity contribution in [2.24, 2.45) is 5.73 Å². The third-order valence-corrected chi connectivity index (χ3v) is 6.39. The molecule has 1 unspecified atom stereocenters. The Bertz CT molecular complexity index is 779. The number of rotatable bonds is 2. The topological polar surface area (TPSA) is 26.0 Å². The molecule has 0 spiro atoms. The minimum Gasteiger partial charge on any atom is -0.320 e. The molecule has 2 aromatic carbocycles. The van der Waals surface area contributed by atoms with Crippen molar-refractivity contribution < 1.29 is 0 Å². The highest BCUT2D eigenvalue weighted by Crippen LogP contribution is 2.37. The molecule has 1 nitrogen and oxygen atoms in total. The summed E-state index contributed by atoms with van der Waals surface area (Å²) in [7, 11) is 0. The number of hydrogen-bond acceptors (Lipinski definition) is 2. The van der Waals surface area contributed by atoms with Crippen molar-refractivity contribution in [2.75, 3.05) is 0 Å². The fourth-order valence-corrected chi connectivity index (χ4v) is 4.45. The van der Waals surface area contributed by atoms with Crippen LogP contribution in [-0.2, 0) is 0 Å². The van der Waals surface area contributed by atoms with Crippen molar-refractivity contribution in [3.05, 3.63) is 67.4 Å². The Labute approximate surface area is 139 Å². The fraction of sp³-hybridized carbons (Fsp3) is 0.125. The maximum atomic E-state index is 6.52. The highest BCUT2D eigenvalue weighted by Gasteiger charge is 2.17. The van der Waals surface area contributed by atoms with Crippen LogP contribution in [0.1, 0.15) is 22.7 Å². The molecule has 0 bridgehead atoms. The molecule has 0 aliphatic heterocycles. The van der Waals surface area contributed by atoms with Crippen molar-refractivity contribution in [3.8, 4) is 0 Å². The van der Waals surface area contributed by atoms with E-state index < -0.39 is 0 Å². The first-order chi connectivity index (χ1) is 9.59. The number of hydrogen-bond donors (Lipinski definition) is 1. The number of nitrogens with two attached hydrogens (primary N) is 1. The van der Waals surface area contributed by atoms with Crippen LogP contribution in [0.4, 0.5) is 0 Å². The molecule has 1 heterocycles. The van der Waals surface area contributed by atoms with Crippen molar-refractivity contribution in [1.82, 2.24) is 0 Å². The minimum atomic E-state index is -0.101. The van der Waals surface area contributed by atoms with E-state index in [0.717, 1.165) is 8.95 Å². The fourth-order valence-electron chi connectivity index (χ4n) is 2.41. The van der Waals surface area contributed by atoms with E-state index in [4.69, 9.17) is 5.73 Å². The van der Waals surface area contributed by atoms with Gasteiger partial charge in [0.15, 0.2) is 0 Å². The molecule has 3 rings (SSSR count). The van der Waals surface area contributed by atoms with Crippen LogP contribution in [0.2, 0.25) is 0 Å². The van der Waals surface area contributed by atoms with E-state index in [2.05, 4.69) is 68.4 Å². The van der Waals surface area contributed by atoms with E-state index in [-0.39, 0.29) is 6.04 Å². The molecule has 0 fully saturated rings. The van der Waals surface area contributed by atoms with Crippen LogP contribution in [-0.4, -0.2) is 0 Å². The SMILES string of the molecule is Cc1c(Br)cccc1C(N)c1csc2c(Br)cccc12. The third kappa shape index (κ3) is 2.35. The zero-order valence-corrected chi connectivity index (χ0v) is 14.8. The number of halogens is 2. The van der Waals surface area contributed by atoms with Gasteiger partial charge in [0, 0.05) is 13.6 Å². The predicted molar refractivity (Wildman–Crippen MR) is 94.4 cm³/mol. The van der Waals surface area contributed by atoms with E-state index in [1.54, 1.807) is 11.3 Å². The molecule has 0 saturated heterocycles. The lowest BCUT2D eigenvalue weighted by Crippen LogP contribution is -2.12. The number of fused-ring (bicyclic) bond motifs is 1. The zero-order chi connectivity index (χ0) is 14.3. The summed E-state index contributed by atoms with van der Waals surface area (Å²) < 4.78 is 3.49. The predicted octanol–water partition coefficient (Wildman–Crippen LogP) is 5.78. The van der Waals surface area contributed by atoms with Crippen LogP contribution in [0.25, 0.3) is 10.1 Å². The summed E-state index contributed by atoms with van der Waals surface area (Å²) in [4.78, 5) is 0. The first-order valence-electron chi connectivity index (χ1n) is 6.26. The highest BCUT2D eigenvalue weighted by atomic mass is 79.9. The molecule has 0 saturated carbocycles. The Hall–Kier alpha value is -0.680. The molecule has 3 aromatic rings. The zero-order valence-electron chi connectivity index (χ0n) is 10.9. The van der Waals surface area contributed by atoms with Crippen molar-refractivity contribution in [1.29, 1.82) is 0 Å². The summed E-state index contributed by atoms with van der Waals surface area (Å²) in [6.45, 7) is 2.10. The van der Waals surface area contributed by atoms with Crippen LogP contribution in [0.3, 0.4) is 0 Å². The highest BCUT2D eigenvalue weighted by molar-refractivity contribution is 9.11. The molecule has 102 valence electrons. The summed E-state index contributed by atoms with van der Waals surface area (Å²) in [5.41, 5.74) is 10.1. The lowest BCUT2D eigenvalue weighted by molar-refractivity contribution is 0.872. The minimum absolute atomic E-state index is 0.101. The van der Waals surface area contributed by atoms with E-state index in [0.29, 0.717) is 0 Å². The molecule has 0 amide bonds. The average molecular weight is 411 g/mol. The third-order valence-electron chi connectivity index (χ3n) is 3.56. The van der Waals surface area contributed by atoms with Crippen molar-refractivity contribution >= 4 is 53.3 Å². The molecule has 4 heteroatoms. The first kappa shape index (κ1) is 14.3. The summed E-state index contributed by atoms with van der Waals surface area (Å²) in [5, 5.41) is 3.40. The van der Waals surface area contributed by atoms with Crippen LogP contribution >= 0.6 is 43.2 Å². The number of benzene rings is 2. The van der Waals surface area contributed by atoms with Gasteiger partial charge in [-0.05, 0) is 62.4 Å². The van der Waals surface area contributed by atoms with Gasteiger partial charge >= 0.3 is 0 Å². The molecule has 0 radical (unpaired) electrons. The smallest absolute Gasteiger partial charge is 0.0569 e. The molecular weight excluding hydrogens is 398 g/mol. The Morgan fingerprint density at radius 2 is 1.70 bits per heavy atom. The molecule has 0 aliphatic carbocycles. The second-order valence-electron chi connectivity index (χ2n) is 4.74. The van der Waals surface area contributed by atoms with Gasteiger partial charge in [-0.3, -0.25) is 0 Å². The second-order valence-corrected chi connectivity index (χ2v) is 7.33. The summed E-state index contributed by atoms with van der Waals surface area (Å²) in [5.74, 6) is 0. The average Bonchev–Trinajstić information content (AvgIpc) is 2.86. The normalized spacial score (nSPS) is 12.8. The van der Waals surface area contributed by atoms with Crippen LogP contribution in [0.15, 0.2) is 50.7 Å². The van der Waals surface area contributed by atoms with Gasteiger partial charge in [0.25, 0.3) is 0 Å². The Morgan fingerprint density at radius 3 is 2.50 bits per heavy atom. The van der Waals surface area contributed by atoms with Crippen molar-refractivity contribution in [2.45, 2.75) is 13.0 Å². The van der Waals surface area contributed by atoms with E-state index in [9.17, 15) is 0 Å². The maximum Gasteiger partial charge on any atom is 0.0569 e. The molecule has 20 heavy (non-hydrogen) atoms. The van der Waals surface area contributed by atoms with Gasteiger partial charge < -0.3 is 5.73 Å². The van der Waals surface area contributed by atoms with E-state index >= 15 is 0 Å². The summed E-state index contributed by atoms with van der Waals surface area (Å²) in [6, 6.07) is 12.4. The number of thiophene rings is 1. The van der Waals surface area contributed by atoms with Crippen LogP contribution in [0, 0.1) is 6.92 Å². The van der Waals surface area contributed by atoms with Gasteiger partial charge in [0.05, 0.1) is 6.04 Å². The van der Waals surface area contributed by atoms with Gasteiger partial charge in [0.1, 0.15) is 0 Å². The van der Waals surface area contributed by atoms with E-state index in [1.807, 2.05) is 12.1 Å². The largest absolute Gasteiger partial charge is 0.320 e. The van der Waals surface area contributed by atoms with Gasteiger partial charge in [0.2, 0.25) is 0 Å². The first-order valence-corrected chi connectivity index (χ1v) is 8.72. The Morgan fingerprint density at radius 1 is 1.00 bits per heavy atom. The van der Waals surface area contributed by atoms with Gasteiger partial charge in [-0.2, -0.15) is 0 Å². The quantitative estimate of drug-likeness (QED) is 0.568. The molecule has 1 atom stereocenters. The van der Waals surface area contributed by atoms with E-state index in [1.165, 1.54) is 26.8 Å². The lowest BCUT2D eigenvalue weighted by atomic mass is 9.95. The van der Waals surface area contributed by atoms with Crippen LogP contribution < -0.4 is 5.73 Å². The second kappa shape index (κ2) is 5.60. The molecule has 0 aliphatic rings. The lowest BCUT2D eigenvalue weighted by Gasteiger charge is -2.15. The Balaban J connectivity index is 2.16. The van der Waals surface area contributed by atoms with Gasteiger partial charge in [-0.25, -0.2) is 0 Å². The summed E-state index contributed by atoms with van der Waals surface area (Å²) in [6.07, 6.45) is 0. The van der Waals surface area contributed by atoms with Gasteiger partial charge in [-0.15, -0.1) is 11.3 Å². The molecule has 1 aromatic heterocycles. The van der Waals surface area contributed by atoms with Crippen molar-refractivity contribution in [3.63, 3.8) is 0 Å². The standard InChI is InChI=1S/C16H13Br2NS/c1-9-10(4-2-6-13(9)17)15(19)12-8-20-16-11(12)5-3-7-14(16)18/h2-8,15H,19H2,1H3. The molecular formula is C16H13Br2NS. The molecule has 2 N–H and O–H groups in total. The van der Waals surface area contributed by atoms with Gasteiger partial charge in [-0.1, -0.05) is 40.2 Å². The maximum absolute atomic E-state index is 6.52. The monoisotopic (exact) mass is 409 g/mol. The Kier molecular flexibility index (Phi) is 4.00.